The second-order valence-electron chi connectivity index (χ2n) is 5.54. The first kappa shape index (κ1) is 12.7. The fraction of sp³-hybridized carbons (Fsp3) is 0.714. The van der Waals surface area contributed by atoms with Gasteiger partial charge in [0.15, 0.2) is 0 Å². The number of hydrogen-bond donors (Lipinski definition) is 2. The van der Waals surface area contributed by atoms with Crippen molar-refractivity contribution in [2.75, 3.05) is 24.3 Å². The summed E-state index contributed by atoms with van der Waals surface area (Å²) in [6.07, 6.45) is 3.72. The zero-order chi connectivity index (χ0) is 13.4. The van der Waals surface area contributed by atoms with Gasteiger partial charge in [-0.15, -0.1) is 0 Å². The molecule has 0 aromatic carbocycles. The van der Waals surface area contributed by atoms with E-state index in [0.717, 1.165) is 36.1 Å². The van der Waals surface area contributed by atoms with E-state index in [1.165, 1.54) is 12.8 Å². The van der Waals surface area contributed by atoms with Crippen LogP contribution in [-0.4, -0.2) is 35.8 Å². The van der Waals surface area contributed by atoms with E-state index < -0.39 is 0 Å². The van der Waals surface area contributed by atoms with Crippen molar-refractivity contribution in [3.63, 3.8) is 0 Å². The van der Waals surface area contributed by atoms with Crippen LogP contribution < -0.4 is 10.6 Å². The number of nitrogens with one attached hydrogen (secondary N) is 2. The van der Waals surface area contributed by atoms with E-state index in [2.05, 4.69) is 29.5 Å². The average Bonchev–Trinajstić information content (AvgIpc) is 3.17. The fourth-order valence-electron chi connectivity index (χ4n) is 2.54. The molecular weight excluding hydrogens is 240 g/mol. The molecule has 104 valence electrons. The molecule has 5 nitrogen and oxygen atoms in total. The van der Waals surface area contributed by atoms with Crippen LogP contribution in [0.2, 0.25) is 0 Å². The highest BCUT2D eigenvalue weighted by Gasteiger charge is 2.30. The summed E-state index contributed by atoms with van der Waals surface area (Å²) in [7, 11) is 1.91. The molecule has 2 unspecified atom stereocenters. The highest BCUT2D eigenvalue weighted by Crippen LogP contribution is 2.39. The molecule has 1 aliphatic carbocycles. The molecule has 2 aliphatic rings. The van der Waals surface area contributed by atoms with Gasteiger partial charge in [0.25, 0.3) is 0 Å². The van der Waals surface area contributed by atoms with E-state index in [1.54, 1.807) is 0 Å². The largest absolute Gasteiger partial charge is 0.376 e. The lowest BCUT2D eigenvalue weighted by atomic mass is 10.1. The summed E-state index contributed by atoms with van der Waals surface area (Å²) in [5.41, 5.74) is 1.09. The first-order chi connectivity index (χ1) is 9.19. The number of nitrogens with zero attached hydrogens (tertiary/aromatic N) is 2. The van der Waals surface area contributed by atoms with E-state index in [9.17, 15) is 0 Å². The van der Waals surface area contributed by atoms with E-state index in [4.69, 9.17) is 9.72 Å². The van der Waals surface area contributed by atoms with Crippen LogP contribution in [0.4, 0.5) is 11.6 Å². The maximum atomic E-state index is 5.60. The summed E-state index contributed by atoms with van der Waals surface area (Å²) in [5, 5.41) is 6.71. The van der Waals surface area contributed by atoms with Crippen LogP contribution in [-0.2, 0) is 4.74 Å². The molecule has 5 heteroatoms. The summed E-state index contributed by atoms with van der Waals surface area (Å²) >= 11 is 0. The number of hydrogen-bond acceptors (Lipinski definition) is 5. The van der Waals surface area contributed by atoms with E-state index in [0.29, 0.717) is 12.0 Å². The standard InChI is InChI=1S/C14H22N4O/c1-8-12(15-3)17-14(10-4-5-10)18-13(8)16-11-6-7-19-9(11)2/h9-11H,4-7H2,1-3H3,(H2,15,16,17,18). The Balaban J connectivity index is 1.87. The Morgan fingerprint density at radius 3 is 2.47 bits per heavy atom. The molecule has 19 heavy (non-hydrogen) atoms. The van der Waals surface area contributed by atoms with Gasteiger partial charge < -0.3 is 15.4 Å². The number of anilines is 2. The van der Waals surface area contributed by atoms with Gasteiger partial charge in [-0.1, -0.05) is 0 Å². The summed E-state index contributed by atoms with van der Waals surface area (Å²) < 4.78 is 5.60. The molecule has 3 rings (SSSR count). The van der Waals surface area contributed by atoms with Crippen LogP contribution in [0.15, 0.2) is 0 Å². The molecule has 1 aromatic heterocycles. The van der Waals surface area contributed by atoms with Gasteiger partial charge >= 0.3 is 0 Å². The van der Waals surface area contributed by atoms with Crippen molar-refractivity contribution >= 4 is 11.6 Å². The predicted molar refractivity (Wildman–Crippen MR) is 75.7 cm³/mol. The Hall–Kier alpha value is -1.36. The van der Waals surface area contributed by atoms with E-state index in [1.807, 2.05) is 7.05 Å². The first-order valence-corrected chi connectivity index (χ1v) is 7.13. The maximum Gasteiger partial charge on any atom is 0.136 e. The van der Waals surface area contributed by atoms with Crippen molar-refractivity contribution in [1.29, 1.82) is 0 Å². The highest BCUT2D eigenvalue weighted by atomic mass is 16.5. The first-order valence-electron chi connectivity index (χ1n) is 7.13. The minimum Gasteiger partial charge on any atom is -0.376 e. The topological polar surface area (TPSA) is 59.1 Å². The minimum atomic E-state index is 0.247. The normalized spacial score (nSPS) is 26.5. The Morgan fingerprint density at radius 1 is 1.16 bits per heavy atom. The molecule has 0 amide bonds. The van der Waals surface area contributed by atoms with E-state index >= 15 is 0 Å². The monoisotopic (exact) mass is 262 g/mol. The van der Waals surface area contributed by atoms with Gasteiger partial charge in [-0.25, -0.2) is 9.97 Å². The number of rotatable bonds is 4. The van der Waals surface area contributed by atoms with Gasteiger partial charge in [-0.2, -0.15) is 0 Å². The van der Waals surface area contributed by atoms with Crippen LogP contribution in [0.5, 0.6) is 0 Å². The zero-order valence-corrected chi connectivity index (χ0v) is 11.9. The third-order valence-corrected chi connectivity index (χ3v) is 4.04. The highest BCUT2D eigenvalue weighted by molar-refractivity contribution is 5.57. The van der Waals surface area contributed by atoms with Gasteiger partial charge in [0.05, 0.1) is 12.1 Å². The fourth-order valence-corrected chi connectivity index (χ4v) is 2.54. The van der Waals surface area contributed by atoms with Gasteiger partial charge in [0.1, 0.15) is 17.5 Å². The summed E-state index contributed by atoms with van der Waals surface area (Å²) in [5.74, 6) is 3.43. The number of aromatic nitrogens is 2. The molecule has 0 spiro atoms. The summed E-state index contributed by atoms with van der Waals surface area (Å²) in [6, 6.07) is 0.352. The van der Waals surface area contributed by atoms with Crippen molar-refractivity contribution in [2.45, 2.75) is 51.2 Å². The maximum absolute atomic E-state index is 5.60. The lowest BCUT2D eigenvalue weighted by molar-refractivity contribution is 0.121. The molecule has 2 fully saturated rings. The third-order valence-electron chi connectivity index (χ3n) is 4.04. The minimum absolute atomic E-state index is 0.247. The molecule has 2 N–H and O–H groups in total. The number of ether oxygens (including phenoxy) is 1. The average molecular weight is 262 g/mol. The Bertz CT molecular complexity index is 473. The molecule has 1 aromatic rings. The van der Waals surface area contributed by atoms with Crippen LogP contribution in [0, 0.1) is 6.92 Å². The second-order valence-corrected chi connectivity index (χ2v) is 5.54. The van der Waals surface area contributed by atoms with Crippen LogP contribution in [0.1, 0.15) is 43.5 Å². The SMILES string of the molecule is CNc1nc(C2CC2)nc(NC2CCOC2C)c1C. The van der Waals surface area contributed by atoms with Gasteiger partial charge in [0, 0.05) is 25.1 Å². The lowest BCUT2D eigenvalue weighted by Crippen LogP contribution is -2.28. The van der Waals surface area contributed by atoms with Crippen molar-refractivity contribution in [3.8, 4) is 0 Å². The molecule has 2 heterocycles. The third kappa shape index (κ3) is 2.52. The molecular formula is C14H22N4O. The molecule has 1 saturated heterocycles. The predicted octanol–water partition coefficient (Wildman–Crippen LogP) is 2.29. The van der Waals surface area contributed by atoms with E-state index in [-0.39, 0.29) is 6.10 Å². The lowest BCUT2D eigenvalue weighted by Gasteiger charge is -2.20. The second kappa shape index (κ2) is 4.96. The molecule has 0 radical (unpaired) electrons. The Morgan fingerprint density at radius 2 is 1.89 bits per heavy atom. The Labute approximate surface area is 114 Å². The Kier molecular flexibility index (Phi) is 3.31. The smallest absolute Gasteiger partial charge is 0.136 e. The van der Waals surface area contributed by atoms with Crippen LogP contribution in [0.3, 0.4) is 0 Å². The van der Waals surface area contributed by atoms with Crippen molar-refractivity contribution in [1.82, 2.24) is 9.97 Å². The van der Waals surface area contributed by atoms with Crippen LogP contribution in [0.25, 0.3) is 0 Å². The van der Waals surface area contributed by atoms with Crippen molar-refractivity contribution in [3.05, 3.63) is 11.4 Å². The zero-order valence-electron chi connectivity index (χ0n) is 11.9. The van der Waals surface area contributed by atoms with Crippen LogP contribution >= 0.6 is 0 Å². The summed E-state index contributed by atoms with van der Waals surface area (Å²) in [4.78, 5) is 9.34. The summed E-state index contributed by atoms with van der Waals surface area (Å²) in [6.45, 7) is 5.00. The molecule has 1 aliphatic heterocycles. The van der Waals surface area contributed by atoms with Crippen molar-refractivity contribution in [2.24, 2.45) is 0 Å². The van der Waals surface area contributed by atoms with Gasteiger partial charge in [-0.05, 0) is 33.1 Å². The molecule has 0 bridgehead atoms. The van der Waals surface area contributed by atoms with Gasteiger partial charge in [0.2, 0.25) is 0 Å². The quantitative estimate of drug-likeness (QED) is 0.872. The molecule has 1 saturated carbocycles. The molecule has 2 atom stereocenters. The van der Waals surface area contributed by atoms with Gasteiger partial charge in [-0.3, -0.25) is 0 Å². The van der Waals surface area contributed by atoms with Crippen molar-refractivity contribution < 1.29 is 4.74 Å².